The Kier molecular flexibility index (Phi) is 5.06. The fraction of sp³-hybridized carbons (Fsp3) is 0.320. The van der Waals surface area contributed by atoms with Crippen LogP contribution >= 0.6 is 0 Å². The van der Waals surface area contributed by atoms with Crippen molar-refractivity contribution < 1.29 is 19.1 Å². The first kappa shape index (κ1) is 19.5. The third kappa shape index (κ3) is 3.85. The minimum absolute atomic E-state index is 0.222. The van der Waals surface area contributed by atoms with Crippen molar-refractivity contribution >= 4 is 28.5 Å². The molecule has 0 atom stereocenters. The molecule has 1 fully saturated rings. The van der Waals surface area contributed by atoms with Crippen LogP contribution in [0.3, 0.4) is 0 Å². The van der Waals surface area contributed by atoms with E-state index in [1.807, 2.05) is 48.5 Å². The Hall–Kier alpha value is -3.41. The quantitative estimate of drug-likeness (QED) is 0.582. The minimum atomic E-state index is -0.485. The largest absolute Gasteiger partial charge is 0.497 e. The number of anilines is 1. The van der Waals surface area contributed by atoms with Crippen LogP contribution in [0.25, 0.3) is 10.9 Å². The molecule has 5 rings (SSSR count). The summed E-state index contributed by atoms with van der Waals surface area (Å²) in [4.78, 5) is 32.2. The molecule has 0 radical (unpaired) electrons. The standard InChI is InChI=1S/C25H24N2O4/c1-30-18-10-11-23-17(13-18)5-4-12-27(23)24(28)15-31-25(29)20-14-22(16-8-9-16)26-21-7-3-2-6-19(20)21/h2-3,6-7,10-11,13-14,16H,4-5,8-9,12,15H2,1H3. The number of hydrogen-bond acceptors (Lipinski definition) is 5. The van der Waals surface area contributed by atoms with Crippen molar-refractivity contribution in [3.05, 3.63) is 65.4 Å². The summed E-state index contributed by atoms with van der Waals surface area (Å²) in [6.45, 7) is 0.319. The number of methoxy groups -OCH3 is 1. The number of pyridine rings is 1. The number of benzene rings is 2. The van der Waals surface area contributed by atoms with Gasteiger partial charge < -0.3 is 14.4 Å². The van der Waals surface area contributed by atoms with E-state index in [1.165, 1.54) is 0 Å². The third-order valence-corrected chi connectivity index (χ3v) is 5.98. The molecule has 6 heteroatoms. The van der Waals surface area contributed by atoms with Crippen molar-refractivity contribution in [1.29, 1.82) is 0 Å². The van der Waals surface area contributed by atoms with Gasteiger partial charge in [-0.3, -0.25) is 9.78 Å². The number of nitrogens with zero attached hydrogens (tertiary/aromatic N) is 2. The van der Waals surface area contributed by atoms with Crippen LogP contribution in [-0.4, -0.2) is 37.1 Å². The Morgan fingerprint density at radius 1 is 1.13 bits per heavy atom. The topological polar surface area (TPSA) is 68.7 Å². The van der Waals surface area contributed by atoms with Gasteiger partial charge in [0.05, 0.1) is 18.2 Å². The molecule has 158 valence electrons. The highest BCUT2D eigenvalue weighted by atomic mass is 16.5. The van der Waals surface area contributed by atoms with Gasteiger partial charge in [0.2, 0.25) is 0 Å². The van der Waals surface area contributed by atoms with E-state index in [0.29, 0.717) is 18.0 Å². The molecule has 2 aromatic carbocycles. The van der Waals surface area contributed by atoms with E-state index >= 15 is 0 Å². The van der Waals surface area contributed by atoms with Crippen LogP contribution in [0.15, 0.2) is 48.5 Å². The molecular weight excluding hydrogens is 392 g/mol. The SMILES string of the molecule is COc1ccc2c(c1)CCCN2C(=O)COC(=O)c1cc(C2CC2)nc2ccccc12. The summed E-state index contributed by atoms with van der Waals surface area (Å²) in [5.74, 6) is 0.483. The second-order valence-corrected chi connectivity index (χ2v) is 8.11. The zero-order chi connectivity index (χ0) is 21.4. The van der Waals surface area contributed by atoms with Gasteiger partial charge in [-0.2, -0.15) is 0 Å². The zero-order valence-electron chi connectivity index (χ0n) is 17.5. The number of carbonyl (C=O) groups is 2. The fourth-order valence-electron chi connectivity index (χ4n) is 4.20. The number of carbonyl (C=O) groups excluding carboxylic acids is 2. The molecule has 0 saturated heterocycles. The second kappa shape index (κ2) is 8.02. The Morgan fingerprint density at radius 2 is 1.97 bits per heavy atom. The summed E-state index contributed by atoms with van der Waals surface area (Å²) in [7, 11) is 1.63. The van der Waals surface area contributed by atoms with E-state index in [0.717, 1.165) is 59.3 Å². The Morgan fingerprint density at radius 3 is 2.77 bits per heavy atom. The molecular formula is C25H24N2O4. The fourth-order valence-corrected chi connectivity index (χ4v) is 4.20. The van der Waals surface area contributed by atoms with Crippen LogP contribution in [0.5, 0.6) is 5.75 Å². The molecule has 1 aromatic heterocycles. The van der Waals surface area contributed by atoms with Gasteiger partial charge in [-0.1, -0.05) is 18.2 Å². The van der Waals surface area contributed by atoms with Crippen molar-refractivity contribution in [1.82, 2.24) is 4.98 Å². The van der Waals surface area contributed by atoms with Gasteiger partial charge >= 0.3 is 5.97 Å². The predicted octanol–water partition coefficient (Wildman–Crippen LogP) is 4.26. The van der Waals surface area contributed by atoms with Crippen molar-refractivity contribution in [2.75, 3.05) is 25.2 Å². The van der Waals surface area contributed by atoms with E-state index in [4.69, 9.17) is 14.5 Å². The molecule has 6 nitrogen and oxygen atoms in total. The first-order valence-corrected chi connectivity index (χ1v) is 10.7. The lowest BCUT2D eigenvalue weighted by Gasteiger charge is -2.29. The highest BCUT2D eigenvalue weighted by molar-refractivity contribution is 6.05. The Balaban J connectivity index is 1.34. The number of rotatable bonds is 5. The highest BCUT2D eigenvalue weighted by Gasteiger charge is 2.28. The number of aryl methyl sites for hydroxylation is 1. The highest BCUT2D eigenvalue weighted by Crippen LogP contribution is 2.40. The van der Waals surface area contributed by atoms with Crippen LogP contribution in [0.1, 0.15) is 46.8 Å². The molecule has 3 aromatic rings. The summed E-state index contributed by atoms with van der Waals surface area (Å²) in [5, 5.41) is 0.750. The summed E-state index contributed by atoms with van der Waals surface area (Å²) in [5.41, 5.74) is 4.11. The van der Waals surface area contributed by atoms with Gasteiger partial charge in [0.25, 0.3) is 5.91 Å². The number of hydrogen-bond donors (Lipinski definition) is 0. The normalized spacial score (nSPS) is 15.5. The Bertz CT molecular complexity index is 1170. The lowest BCUT2D eigenvalue weighted by molar-refractivity contribution is -0.121. The van der Waals surface area contributed by atoms with Crippen LogP contribution in [0.4, 0.5) is 5.69 Å². The maximum atomic E-state index is 12.9. The average Bonchev–Trinajstić information content (AvgIpc) is 3.66. The van der Waals surface area contributed by atoms with E-state index in [-0.39, 0.29) is 12.5 Å². The number of aromatic nitrogens is 1. The summed E-state index contributed by atoms with van der Waals surface area (Å²) < 4.78 is 10.8. The molecule has 0 unspecified atom stereocenters. The van der Waals surface area contributed by atoms with E-state index in [1.54, 1.807) is 12.0 Å². The van der Waals surface area contributed by atoms with Gasteiger partial charge in [-0.15, -0.1) is 0 Å². The molecule has 1 amide bonds. The van der Waals surface area contributed by atoms with E-state index in [2.05, 4.69) is 0 Å². The van der Waals surface area contributed by atoms with E-state index < -0.39 is 5.97 Å². The van der Waals surface area contributed by atoms with Crippen LogP contribution in [0, 0.1) is 0 Å². The van der Waals surface area contributed by atoms with Crippen LogP contribution in [-0.2, 0) is 16.0 Å². The van der Waals surface area contributed by atoms with Crippen molar-refractivity contribution in [2.24, 2.45) is 0 Å². The molecule has 31 heavy (non-hydrogen) atoms. The van der Waals surface area contributed by atoms with E-state index in [9.17, 15) is 9.59 Å². The first-order valence-electron chi connectivity index (χ1n) is 10.7. The molecule has 1 saturated carbocycles. The average molecular weight is 416 g/mol. The number of fused-ring (bicyclic) bond motifs is 2. The van der Waals surface area contributed by atoms with Crippen molar-refractivity contribution in [2.45, 2.75) is 31.6 Å². The van der Waals surface area contributed by atoms with Gasteiger partial charge in [-0.25, -0.2) is 4.79 Å². The zero-order valence-corrected chi connectivity index (χ0v) is 17.5. The number of amides is 1. The summed E-state index contributed by atoms with van der Waals surface area (Å²) >= 11 is 0. The summed E-state index contributed by atoms with van der Waals surface area (Å²) in [6.07, 6.45) is 3.94. The number of esters is 1. The second-order valence-electron chi connectivity index (χ2n) is 8.11. The molecule has 0 bridgehead atoms. The van der Waals surface area contributed by atoms with Crippen LogP contribution < -0.4 is 9.64 Å². The monoisotopic (exact) mass is 416 g/mol. The van der Waals surface area contributed by atoms with Crippen LogP contribution in [0.2, 0.25) is 0 Å². The summed E-state index contributed by atoms with van der Waals surface area (Å²) in [6, 6.07) is 15.1. The molecule has 2 aliphatic rings. The molecule has 1 aliphatic heterocycles. The Labute approximate surface area is 180 Å². The van der Waals surface area contributed by atoms with Gasteiger partial charge in [0, 0.05) is 29.2 Å². The first-order chi connectivity index (χ1) is 15.1. The minimum Gasteiger partial charge on any atom is -0.497 e. The van der Waals surface area contributed by atoms with Crippen molar-refractivity contribution in [3.8, 4) is 5.75 Å². The number of ether oxygens (including phenoxy) is 2. The molecule has 0 spiro atoms. The maximum absolute atomic E-state index is 12.9. The van der Waals surface area contributed by atoms with Crippen molar-refractivity contribution in [3.63, 3.8) is 0 Å². The smallest absolute Gasteiger partial charge is 0.339 e. The lowest BCUT2D eigenvalue weighted by Crippen LogP contribution is -2.38. The van der Waals surface area contributed by atoms with Gasteiger partial charge in [-0.05, 0) is 61.6 Å². The molecule has 1 aliphatic carbocycles. The lowest BCUT2D eigenvalue weighted by atomic mass is 10.0. The van der Waals surface area contributed by atoms with Gasteiger partial charge in [0.1, 0.15) is 5.75 Å². The predicted molar refractivity (Wildman–Crippen MR) is 118 cm³/mol. The number of para-hydroxylation sites is 1. The van der Waals surface area contributed by atoms with Gasteiger partial charge in [0.15, 0.2) is 6.61 Å². The maximum Gasteiger partial charge on any atom is 0.339 e. The molecule has 2 heterocycles. The third-order valence-electron chi connectivity index (χ3n) is 5.98. The molecule has 0 N–H and O–H groups in total.